The number of ether oxygens (including phenoxy) is 1. The van der Waals surface area contributed by atoms with Crippen molar-refractivity contribution < 1.29 is 13.2 Å². The molecule has 0 atom stereocenters. The van der Waals surface area contributed by atoms with Crippen LogP contribution in [0.2, 0.25) is 5.02 Å². The minimum atomic E-state index is -3.74. The zero-order valence-electron chi connectivity index (χ0n) is 18.3. The molecule has 32 heavy (non-hydrogen) atoms. The third-order valence-corrected chi connectivity index (χ3v) is 8.87. The number of nitrogens with one attached hydrogen (secondary N) is 1. The Labute approximate surface area is 198 Å². The van der Waals surface area contributed by atoms with Gasteiger partial charge < -0.3 is 4.74 Å². The van der Waals surface area contributed by atoms with Crippen LogP contribution in [0.1, 0.15) is 32.1 Å². The van der Waals surface area contributed by atoms with Gasteiger partial charge in [-0.1, -0.05) is 48.3 Å². The topological polar surface area (TPSA) is 88.8 Å². The first kappa shape index (κ1) is 23.8. The number of aryl methyl sites for hydroxylation is 1. The summed E-state index contributed by atoms with van der Waals surface area (Å²) in [6, 6.07) is 5.37. The van der Waals surface area contributed by atoms with Crippen molar-refractivity contribution in [2.75, 3.05) is 39.4 Å². The maximum atomic E-state index is 12.9. The van der Waals surface area contributed by atoms with Crippen molar-refractivity contribution in [1.82, 2.24) is 19.4 Å². The molecule has 0 spiro atoms. The van der Waals surface area contributed by atoms with E-state index >= 15 is 0 Å². The monoisotopic (exact) mass is 499 g/mol. The van der Waals surface area contributed by atoms with E-state index in [1.54, 1.807) is 22.9 Å². The number of halogens is 1. The molecule has 1 N–H and O–H groups in total. The Balaban J connectivity index is 1.50. The molecule has 2 fully saturated rings. The van der Waals surface area contributed by atoms with Crippen LogP contribution in [-0.2, 0) is 21.8 Å². The molecule has 2 aromatic rings. The molecule has 1 aliphatic carbocycles. The highest BCUT2D eigenvalue weighted by Crippen LogP contribution is 2.28. The van der Waals surface area contributed by atoms with Gasteiger partial charge in [-0.15, -0.1) is 0 Å². The predicted molar refractivity (Wildman–Crippen MR) is 126 cm³/mol. The van der Waals surface area contributed by atoms with Crippen LogP contribution < -0.4 is 9.52 Å². The molecule has 1 aromatic heterocycles. The van der Waals surface area contributed by atoms with Crippen LogP contribution in [0.15, 0.2) is 28.1 Å². The quantitative estimate of drug-likeness (QED) is 0.632. The van der Waals surface area contributed by atoms with Crippen LogP contribution in [0.3, 0.4) is 0 Å². The highest BCUT2D eigenvalue weighted by molar-refractivity contribution is 7.89. The largest absolute Gasteiger partial charge is 0.379 e. The van der Waals surface area contributed by atoms with Gasteiger partial charge >= 0.3 is 0 Å². The van der Waals surface area contributed by atoms with Gasteiger partial charge in [-0.3, -0.25) is 9.89 Å². The number of rotatable bonds is 7. The third-order valence-electron chi connectivity index (χ3n) is 5.86. The number of sulfonamides is 1. The number of benzene rings is 1. The molecule has 0 amide bonds. The molecular weight excluding hydrogens is 470 g/mol. The molecule has 0 unspecified atom stereocenters. The van der Waals surface area contributed by atoms with E-state index < -0.39 is 10.0 Å². The van der Waals surface area contributed by atoms with Crippen LogP contribution in [0.25, 0.3) is 10.6 Å². The molecule has 1 saturated carbocycles. The summed E-state index contributed by atoms with van der Waals surface area (Å²) in [6.45, 7) is 3.94. The second-order valence-electron chi connectivity index (χ2n) is 8.23. The van der Waals surface area contributed by atoms with Gasteiger partial charge in [0.05, 0.1) is 24.3 Å². The smallest absolute Gasteiger partial charge is 0.242 e. The van der Waals surface area contributed by atoms with E-state index in [2.05, 4.69) is 14.7 Å². The fraction of sp³-hybridized carbons (Fsp3) is 0.619. The number of morpholine rings is 1. The Morgan fingerprint density at radius 1 is 1.25 bits per heavy atom. The zero-order valence-corrected chi connectivity index (χ0v) is 20.7. The van der Waals surface area contributed by atoms with E-state index in [1.165, 1.54) is 30.6 Å². The number of nitrogens with zero attached hydrogens (tertiary/aromatic N) is 4. The van der Waals surface area contributed by atoms with Crippen molar-refractivity contribution in [3.8, 4) is 10.6 Å². The Kier molecular flexibility index (Phi) is 8.01. The average molecular weight is 500 g/mol. The summed E-state index contributed by atoms with van der Waals surface area (Å²) < 4.78 is 35.6. The standard InChI is InChI=1S/C21H30ClN5O3S2/c1-26-21(24-17-5-3-2-4-6-17)31-20(25-26)16-7-8-18(22)19(15-16)32(28,29)23-9-10-27-11-13-30-14-12-27/h7-8,15,17,23H,2-6,9-14H2,1H3. The van der Waals surface area contributed by atoms with Crippen LogP contribution in [0, 0.1) is 0 Å². The van der Waals surface area contributed by atoms with Gasteiger partial charge in [0.1, 0.15) is 9.90 Å². The number of hydrogen-bond acceptors (Lipinski definition) is 7. The third kappa shape index (κ3) is 5.98. The maximum absolute atomic E-state index is 12.9. The molecule has 0 radical (unpaired) electrons. The second kappa shape index (κ2) is 10.8. The van der Waals surface area contributed by atoms with E-state index in [0.29, 0.717) is 37.9 Å². The predicted octanol–water partition coefficient (Wildman–Crippen LogP) is 2.65. The summed E-state index contributed by atoms with van der Waals surface area (Å²) in [6.07, 6.45) is 5.97. The van der Waals surface area contributed by atoms with Gasteiger partial charge in [0.25, 0.3) is 0 Å². The van der Waals surface area contributed by atoms with E-state index in [-0.39, 0.29) is 9.92 Å². The molecule has 11 heteroatoms. The van der Waals surface area contributed by atoms with Crippen molar-refractivity contribution in [2.24, 2.45) is 12.0 Å². The van der Waals surface area contributed by atoms with Crippen molar-refractivity contribution in [3.05, 3.63) is 28.0 Å². The van der Waals surface area contributed by atoms with E-state index in [9.17, 15) is 8.42 Å². The van der Waals surface area contributed by atoms with Gasteiger partial charge in [-0.05, 0) is 25.0 Å². The van der Waals surface area contributed by atoms with Crippen LogP contribution in [0.5, 0.6) is 0 Å². The Morgan fingerprint density at radius 3 is 2.75 bits per heavy atom. The van der Waals surface area contributed by atoms with Crippen LogP contribution >= 0.6 is 22.9 Å². The van der Waals surface area contributed by atoms with E-state index in [0.717, 1.165) is 35.7 Å². The Morgan fingerprint density at radius 2 is 2.00 bits per heavy atom. The van der Waals surface area contributed by atoms with Crippen molar-refractivity contribution in [3.63, 3.8) is 0 Å². The molecule has 1 saturated heterocycles. The lowest BCUT2D eigenvalue weighted by atomic mass is 9.96. The molecule has 8 nitrogen and oxygen atoms in total. The lowest BCUT2D eigenvalue weighted by molar-refractivity contribution is 0.0390. The average Bonchev–Trinajstić information content (AvgIpc) is 3.15. The summed E-state index contributed by atoms with van der Waals surface area (Å²) in [5.74, 6) is 0. The van der Waals surface area contributed by atoms with Gasteiger partial charge in [-0.2, -0.15) is 5.10 Å². The molecule has 0 bridgehead atoms. The molecule has 2 heterocycles. The lowest BCUT2D eigenvalue weighted by Gasteiger charge is -2.26. The Bertz CT molecular complexity index is 1090. The normalized spacial score (nSPS) is 19.5. The zero-order chi connectivity index (χ0) is 22.6. The molecule has 1 aromatic carbocycles. The maximum Gasteiger partial charge on any atom is 0.242 e. The minimum Gasteiger partial charge on any atom is -0.379 e. The van der Waals surface area contributed by atoms with Gasteiger partial charge in [0.15, 0.2) is 0 Å². The first-order chi connectivity index (χ1) is 15.4. The summed E-state index contributed by atoms with van der Waals surface area (Å²) in [7, 11) is -1.86. The number of aromatic nitrogens is 2. The first-order valence-corrected chi connectivity index (χ1v) is 13.8. The van der Waals surface area contributed by atoms with Crippen molar-refractivity contribution in [2.45, 2.75) is 43.0 Å². The summed E-state index contributed by atoms with van der Waals surface area (Å²) in [5.41, 5.74) is 0.716. The van der Waals surface area contributed by atoms with Gasteiger partial charge in [-0.25, -0.2) is 17.8 Å². The van der Waals surface area contributed by atoms with Crippen LogP contribution in [0.4, 0.5) is 0 Å². The van der Waals surface area contributed by atoms with E-state index in [4.69, 9.17) is 21.3 Å². The minimum absolute atomic E-state index is 0.0715. The fourth-order valence-electron chi connectivity index (χ4n) is 4.03. The second-order valence-corrected chi connectivity index (χ2v) is 11.3. The molecular formula is C21H30ClN5O3S2. The van der Waals surface area contributed by atoms with Gasteiger partial charge in [0, 0.05) is 38.8 Å². The summed E-state index contributed by atoms with van der Waals surface area (Å²) in [5, 5.41) is 5.51. The highest BCUT2D eigenvalue weighted by Gasteiger charge is 2.21. The van der Waals surface area contributed by atoms with Crippen molar-refractivity contribution >= 4 is 33.0 Å². The molecule has 1 aliphatic heterocycles. The highest BCUT2D eigenvalue weighted by atomic mass is 35.5. The summed E-state index contributed by atoms with van der Waals surface area (Å²) in [4.78, 5) is 7.99. The SMILES string of the molecule is Cn1nc(-c2ccc(Cl)c(S(=O)(=O)NCCN3CCOCC3)c2)sc1=NC1CCCCC1. The van der Waals surface area contributed by atoms with Gasteiger partial charge in [0.2, 0.25) is 14.8 Å². The molecule has 176 valence electrons. The fourth-order valence-corrected chi connectivity index (χ4v) is 6.53. The Hall–Kier alpha value is -1.30. The summed E-state index contributed by atoms with van der Waals surface area (Å²) >= 11 is 7.75. The lowest BCUT2D eigenvalue weighted by Crippen LogP contribution is -2.41. The van der Waals surface area contributed by atoms with Crippen molar-refractivity contribution in [1.29, 1.82) is 0 Å². The molecule has 4 rings (SSSR count). The number of hydrogen-bond donors (Lipinski definition) is 1. The van der Waals surface area contributed by atoms with Crippen LogP contribution in [-0.4, -0.2) is 68.5 Å². The van der Waals surface area contributed by atoms with E-state index in [1.807, 2.05) is 7.05 Å². The first-order valence-electron chi connectivity index (χ1n) is 11.1. The molecule has 2 aliphatic rings.